The molecule has 1 aliphatic heterocycles. The molecule has 0 unspecified atom stereocenters. The molecular formula is C26H23ClF4N2OS. The Labute approximate surface area is 210 Å². The van der Waals surface area contributed by atoms with Crippen molar-refractivity contribution in [2.75, 3.05) is 13.1 Å². The van der Waals surface area contributed by atoms with Crippen LogP contribution < -0.4 is 10.6 Å². The molecule has 0 atom stereocenters. The standard InChI is InChI=1S/C26H23ClF4N2OS/c27-22-8-6-17-9-11-32-12-10-19(17)24(22)35-15-16-5-7-20(23(28)13-16)25(34)33-14-18-3-1-2-4-21(18)26(29,30)31/h1-8,13,32H,9-12,14-15H2,(H,33,34). The maximum Gasteiger partial charge on any atom is 0.416 e. The van der Waals surface area contributed by atoms with E-state index in [2.05, 4.69) is 16.7 Å². The van der Waals surface area contributed by atoms with Crippen LogP contribution in [0, 0.1) is 5.82 Å². The van der Waals surface area contributed by atoms with E-state index in [9.17, 15) is 22.4 Å². The number of thioether (sulfide) groups is 1. The van der Waals surface area contributed by atoms with Gasteiger partial charge in [-0.25, -0.2) is 4.39 Å². The number of carbonyl (C=O) groups excluding carboxylic acids is 1. The van der Waals surface area contributed by atoms with E-state index in [0.29, 0.717) is 16.3 Å². The van der Waals surface area contributed by atoms with Crippen molar-refractivity contribution >= 4 is 29.3 Å². The topological polar surface area (TPSA) is 41.1 Å². The molecule has 1 heterocycles. The lowest BCUT2D eigenvalue weighted by Gasteiger charge is -2.14. The lowest BCUT2D eigenvalue weighted by atomic mass is 10.0. The minimum absolute atomic E-state index is 0.0872. The molecule has 3 aromatic carbocycles. The summed E-state index contributed by atoms with van der Waals surface area (Å²) in [5, 5.41) is 6.42. The molecule has 0 radical (unpaired) electrons. The van der Waals surface area contributed by atoms with Crippen LogP contribution in [0.15, 0.2) is 59.5 Å². The Kier molecular flexibility index (Phi) is 8.04. The summed E-state index contributed by atoms with van der Waals surface area (Å²) in [5.41, 5.74) is 2.00. The van der Waals surface area contributed by atoms with Gasteiger partial charge < -0.3 is 10.6 Å². The van der Waals surface area contributed by atoms with Crippen LogP contribution in [0.3, 0.4) is 0 Å². The predicted octanol–water partition coefficient (Wildman–Crippen LogP) is 6.41. The highest BCUT2D eigenvalue weighted by atomic mass is 35.5. The Morgan fingerprint density at radius 1 is 1.06 bits per heavy atom. The van der Waals surface area contributed by atoms with Gasteiger partial charge in [0.25, 0.3) is 5.91 Å². The summed E-state index contributed by atoms with van der Waals surface area (Å²) < 4.78 is 54.2. The number of alkyl halides is 3. The van der Waals surface area contributed by atoms with E-state index in [1.165, 1.54) is 53.2 Å². The van der Waals surface area contributed by atoms with E-state index < -0.39 is 23.5 Å². The Hall–Kier alpha value is -2.55. The van der Waals surface area contributed by atoms with Crippen molar-refractivity contribution in [3.8, 4) is 0 Å². The average molecular weight is 523 g/mol. The number of nitrogens with one attached hydrogen (secondary N) is 2. The average Bonchev–Trinajstić information content (AvgIpc) is 3.07. The number of fused-ring (bicyclic) bond motifs is 1. The molecule has 0 fully saturated rings. The second-order valence-corrected chi connectivity index (χ2v) is 9.60. The second-order valence-electron chi connectivity index (χ2n) is 8.20. The van der Waals surface area contributed by atoms with Crippen LogP contribution in [0.25, 0.3) is 0 Å². The molecule has 0 spiro atoms. The van der Waals surface area contributed by atoms with Gasteiger partial charge in [-0.1, -0.05) is 41.9 Å². The first-order chi connectivity index (χ1) is 16.7. The summed E-state index contributed by atoms with van der Waals surface area (Å²) in [4.78, 5) is 13.5. The molecule has 2 N–H and O–H groups in total. The van der Waals surface area contributed by atoms with Gasteiger partial charge in [-0.2, -0.15) is 13.2 Å². The Morgan fingerprint density at radius 2 is 1.83 bits per heavy atom. The molecular weight excluding hydrogens is 500 g/mol. The van der Waals surface area contributed by atoms with Gasteiger partial charge in [0.1, 0.15) is 5.82 Å². The number of carbonyl (C=O) groups is 1. The zero-order chi connectivity index (χ0) is 25.0. The van der Waals surface area contributed by atoms with Gasteiger partial charge >= 0.3 is 6.18 Å². The van der Waals surface area contributed by atoms with Crippen molar-refractivity contribution in [3.63, 3.8) is 0 Å². The van der Waals surface area contributed by atoms with E-state index in [-0.39, 0.29) is 17.7 Å². The molecule has 0 saturated carbocycles. The van der Waals surface area contributed by atoms with Crippen molar-refractivity contribution < 1.29 is 22.4 Å². The van der Waals surface area contributed by atoms with Crippen molar-refractivity contribution in [1.82, 2.24) is 10.6 Å². The van der Waals surface area contributed by atoms with E-state index in [1.54, 1.807) is 6.07 Å². The van der Waals surface area contributed by atoms with Crippen molar-refractivity contribution in [2.45, 2.75) is 36.2 Å². The maximum atomic E-state index is 14.7. The molecule has 4 rings (SSSR count). The highest BCUT2D eigenvalue weighted by Crippen LogP contribution is 2.36. The summed E-state index contributed by atoms with van der Waals surface area (Å²) in [5.74, 6) is -1.05. The van der Waals surface area contributed by atoms with E-state index in [1.807, 2.05) is 6.07 Å². The Bertz CT molecular complexity index is 1230. The third kappa shape index (κ3) is 6.18. The van der Waals surface area contributed by atoms with Gasteiger partial charge in [0.15, 0.2) is 0 Å². The Morgan fingerprint density at radius 3 is 2.60 bits per heavy atom. The highest BCUT2D eigenvalue weighted by Gasteiger charge is 2.32. The SMILES string of the molecule is O=C(NCc1ccccc1C(F)(F)F)c1ccc(CSc2c(Cl)ccc3c2CCNCC3)cc1F. The van der Waals surface area contributed by atoms with Crippen LogP contribution in [0.4, 0.5) is 17.6 Å². The van der Waals surface area contributed by atoms with Gasteiger partial charge in [0.05, 0.1) is 16.1 Å². The smallest absolute Gasteiger partial charge is 0.348 e. The maximum absolute atomic E-state index is 14.7. The molecule has 3 nitrogen and oxygen atoms in total. The third-order valence-electron chi connectivity index (χ3n) is 5.86. The molecule has 0 bridgehead atoms. The number of rotatable bonds is 6. The Balaban J connectivity index is 1.43. The normalized spacial score (nSPS) is 13.7. The fraction of sp³-hybridized carbons (Fsp3) is 0.269. The first-order valence-corrected chi connectivity index (χ1v) is 12.5. The molecule has 35 heavy (non-hydrogen) atoms. The fourth-order valence-corrected chi connectivity index (χ4v) is 5.52. The molecule has 184 valence electrons. The summed E-state index contributed by atoms with van der Waals surface area (Å²) in [6, 6.07) is 13.2. The van der Waals surface area contributed by atoms with Gasteiger partial charge in [-0.15, -0.1) is 11.8 Å². The largest absolute Gasteiger partial charge is 0.416 e. The third-order valence-corrected chi connectivity index (χ3v) is 7.52. The number of hydrogen-bond donors (Lipinski definition) is 2. The number of benzene rings is 3. The minimum Gasteiger partial charge on any atom is -0.348 e. The van der Waals surface area contributed by atoms with E-state index >= 15 is 0 Å². The van der Waals surface area contributed by atoms with E-state index in [4.69, 9.17) is 11.6 Å². The summed E-state index contributed by atoms with van der Waals surface area (Å²) in [6.07, 6.45) is -2.75. The van der Waals surface area contributed by atoms with Crippen molar-refractivity contribution in [3.05, 3.63) is 98.8 Å². The molecule has 0 saturated heterocycles. The highest BCUT2D eigenvalue weighted by molar-refractivity contribution is 7.98. The van der Waals surface area contributed by atoms with Crippen LogP contribution in [0.1, 0.15) is 38.2 Å². The second kappa shape index (κ2) is 11.0. The molecule has 0 aromatic heterocycles. The van der Waals surface area contributed by atoms with Crippen LogP contribution in [-0.4, -0.2) is 19.0 Å². The van der Waals surface area contributed by atoms with Gasteiger partial charge in [0, 0.05) is 17.2 Å². The molecule has 0 aliphatic carbocycles. The fourth-order valence-electron chi connectivity index (χ4n) is 4.08. The monoisotopic (exact) mass is 522 g/mol. The van der Waals surface area contributed by atoms with E-state index in [0.717, 1.165) is 36.9 Å². The van der Waals surface area contributed by atoms with Crippen LogP contribution in [0.2, 0.25) is 5.02 Å². The first kappa shape index (κ1) is 25.5. The van der Waals surface area contributed by atoms with Crippen molar-refractivity contribution in [1.29, 1.82) is 0 Å². The van der Waals surface area contributed by atoms with Crippen LogP contribution in [0.5, 0.6) is 0 Å². The summed E-state index contributed by atoms with van der Waals surface area (Å²) in [7, 11) is 0. The molecule has 3 aromatic rings. The van der Waals surface area contributed by atoms with Gasteiger partial charge in [-0.05, 0) is 72.5 Å². The minimum atomic E-state index is -4.54. The van der Waals surface area contributed by atoms with Crippen LogP contribution in [-0.2, 0) is 31.3 Å². The molecule has 1 amide bonds. The zero-order valence-corrected chi connectivity index (χ0v) is 20.2. The van der Waals surface area contributed by atoms with Gasteiger partial charge in [0.2, 0.25) is 0 Å². The zero-order valence-electron chi connectivity index (χ0n) is 18.6. The lowest BCUT2D eigenvalue weighted by molar-refractivity contribution is -0.138. The lowest BCUT2D eigenvalue weighted by Crippen LogP contribution is -2.25. The quantitative estimate of drug-likeness (QED) is 0.290. The predicted molar refractivity (Wildman–Crippen MR) is 130 cm³/mol. The van der Waals surface area contributed by atoms with Crippen molar-refractivity contribution in [2.24, 2.45) is 0 Å². The first-order valence-electron chi connectivity index (χ1n) is 11.1. The summed E-state index contributed by atoms with van der Waals surface area (Å²) in [6.45, 7) is 1.42. The molecule has 9 heteroatoms. The van der Waals surface area contributed by atoms with Gasteiger partial charge in [-0.3, -0.25) is 4.79 Å². The number of amides is 1. The number of hydrogen-bond acceptors (Lipinski definition) is 3. The van der Waals surface area contributed by atoms with Crippen LogP contribution >= 0.6 is 23.4 Å². The summed E-state index contributed by atoms with van der Waals surface area (Å²) >= 11 is 7.99. The number of halogens is 5. The molecule has 1 aliphatic rings.